The third kappa shape index (κ3) is 3.57. The molecule has 2 fully saturated rings. The Morgan fingerprint density at radius 1 is 1.38 bits per heavy atom. The minimum absolute atomic E-state index is 0. The number of nitrogens with one attached hydrogen (secondary N) is 1. The molecule has 1 unspecified atom stereocenters. The summed E-state index contributed by atoms with van der Waals surface area (Å²) in [6.07, 6.45) is 2.69. The molecule has 0 radical (unpaired) electrons. The second-order valence-corrected chi connectivity index (χ2v) is 6.92. The molecule has 2 aliphatic rings. The number of nitrogens with zero attached hydrogens (tertiary/aromatic N) is 1. The summed E-state index contributed by atoms with van der Waals surface area (Å²) >= 11 is 0. The predicted octanol–water partition coefficient (Wildman–Crippen LogP) is 2.47. The molecule has 1 aliphatic heterocycles. The molecule has 1 saturated carbocycles. The predicted molar refractivity (Wildman–Crippen MR) is 94.1 cm³/mol. The van der Waals surface area contributed by atoms with Crippen molar-refractivity contribution in [3.8, 4) is 0 Å². The van der Waals surface area contributed by atoms with Gasteiger partial charge in [-0.2, -0.15) is 0 Å². The molecule has 3 rings (SSSR count). The van der Waals surface area contributed by atoms with Crippen molar-refractivity contribution < 1.29 is 14.7 Å². The maximum Gasteiger partial charge on any atom is 0.311 e. The molecule has 1 heterocycles. The van der Waals surface area contributed by atoms with Gasteiger partial charge >= 0.3 is 5.97 Å². The van der Waals surface area contributed by atoms with Crippen molar-refractivity contribution in [1.82, 2.24) is 10.2 Å². The Balaban J connectivity index is 0.00000208. The average molecular weight is 353 g/mol. The van der Waals surface area contributed by atoms with Gasteiger partial charge in [0.1, 0.15) is 0 Å². The van der Waals surface area contributed by atoms with Gasteiger partial charge in [0.25, 0.3) is 0 Å². The lowest BCUT2D eigenvalue weighted by Crippen LogP contribution is -2.40. The van der Waals surface area contributed by atoms with Crippen LogP contribution in [0.3, 0.4) is 0 Å². The van der Waals surface area contributed by atoms with E-state index in [1.54, 1.807) is 0 Å². The van der Waals surface area contributed by atoms with Gasteiger partial charge in [0.2, 0.25) is 5.91 Å². The van der Waals surface area contributed by atoms with E-state index in [4.69, 9.17) is 0 Å². The summed E-state index contributed by atoms with van der Waals surface area (Å²) in [7, 11) is 0. The van der Waals surface area contributed by atoms with E-state index in [1.165, 1.54) is 0 Å². The maximum atomic E-state index is 12.3. The number of aliphatic carboxylic acids is 1. The molecule has 3 atom stereocenters. The number of amides is 1. The molecule has 1 aromatic rings. The first-order valence-corrected chi connectivity index (χ1v) is 8.31. The Labute approximate surface area is 148 Å². The number of benzene rings is 1. The standard InChI is InChI=1S/C18H24N2O3.ClH/c1-13(14-6-3-2-4-7-14)19-16(21)11-20-10-15-8-5-9-18(15,12-20)17(22)23;/h2-4,6-7,13,15H,5,8-12H2,1H3,(H,19,21)(H,22,23);1H/t13?,15-,18+;/m0./s1. The Kier molecular flexibility index (Phi) is 5.88. The highest BCUT2D eigenvalue weighted by Gasteiger charge is 2.54. The molecule has 24 heavy (non-hydrogen) atoms. The zero-order valence-corrected chi connectivity index (χ0v) is 14.7. The Hall–Kier alpha value is -1.59. The van der Waals surface area contributed by atoms with Crippen LogP contribution in [0.2, 0.25) is 0 Å². The van der Waals surface area contributed by atoms with Crippen molar-refractivity contribution in [3.05, 3.63) is 35.9 Å². The van der Waals surface area contributed by atoms with Crippen molar-refractivity contribution in [1.29, 1.82) is 0 Å². The molecule has 0 bridgehead atoms. The van der Waals surface area contributed by atoms with E-state index in [0.717, 1.165) is 31.4 Å². The number of rotatable bonds is 5. The lowest BCUT2D eigenvalue weighted by Gasteiger charge is -2.23. The highest BCUT2D eigenvalue weighted by molar-refractivity contribution is 5.85. The molecule has 1 amide bonds. The van der Waals surface area contributed by atoms with Crippen LogP contribution in [0.4, 0.5) is 0 Å². The van der Waals surface area contributed by atoms with Gasteiger partial charge in [-0.05, 0) is 31.2 Å². The first kappa shape index (κ1) is 18.7. The van der Waals surface area contributed by atoms with Crippen LogP contribution in [0, 0.1) is 11.3 Å². The van der Waals surface area contributed by atoms with Crippen LogP contribution in [0.25, 0.3) is 0 Å². The number of likely N-dealkylation sites (tertiary alicyclic amines) is 1. The van der Waals surface area contributed by atoms with E-state index in [2.05, 4.69) is 5.32 Å². The molecule has 6 heteroatoms. The highest BCUT2D eigenvalue weighted by Crippen LogP contribution is 2.48. The Bertz CT molecular complexity index is 595. The monoisotopic (exact) mass is 352 g/mol. The van der Waals surface area contributed by atoms with Crippen LogP contribution < -0.4 is 5.32 Å². The Morgan fingerprint density at radius 3 is 2.71 bits per heavy atom. The second kappa shape index (κ2) is 7.53. The van der Waals surface area contributed by atoms with E-state index in [0.29, 0.717) is 6.54 Å². The second-order valence-electron chi connectivity index (χ2n) is 6.92. The van der Waals surface area contributed by atoms with Crippen LogP contribution in [0.15, 0.2) is 30.3 Å². The van der Waals surface area contributed by atoms with E-state index in [9.17, 15) is 14.7 Å². The van der Waals surface area contributed by atoms with Crippen LogP contribution >= 0.6 is 12.4 Å². The zero-order valence-electron chi connectivity index (χ0n) is 13.9. The third-order valence-corrected chi connectivity index (χ3v) is 5.41. The number of carbonyl (C=O) groups is 2. The van der Waals surface area contributed by atoms with Gasteiger partial charge in [0.15, 0.2) is 0 Å². The molecule has 1 aliphatic carbocycles. The SMILES string of the molecule is CC(NC(=O)CN1C[C@@H]2CCC[C@@]2(C(=O)O)C1)c1ccccc1.Cl. The van der Waals surface area contributed by atoms with Gasteiger partial charge < -0.3 is 10.4 Å². The summed E-state index contributed by atoms with van der Waals surface area (Å²) in [5.41, 5.74) is 0.451. The molecule has 2 N–H and O–H groups in total. The zero-order chi connectivity index (χ0) is 16.4. The Morgan fingerprint density at radius 2 is 2.08 bits per heavy atom. The van der Waals surface area contributed by atoms with Gasteiger partial charge in [0.05, 0.1) is 18.0 Å². The lowest BCUT2D eigenvalue weighted by atomic mass is 9.81. The highest BCUT2D eigenvalue weighted by atomic mass is 35.5. The molecule has 1 aromatic carbocycles. The minimum atomic E-state index is -0.694. The van der Waals surface area contributed by atoms with E-state index in [1.807, 2.05) is 42.2 Å². The molecule has 0 aromatic heterocycles. The fraction of sp³-hybridized carbons (Fsp3) is 0.556. The van der Waals surface area contributed by atoms with Gasteiger partial charge in [-0.3, -0.25) is 14.5 Å². The molecule has 132 valence electrons. The summed E-state index contributed by atoms with van der Waals surface area (Å²) in [6.45, 7) is 3.47. The van der Waals surface area contributed by atoms with E-state index < -0.39 is 11.4 Å². The van der Waals surface area contributed by atoms with E-state index >= 15 is 0 Å². The van der Waals surface area contributed by atoms with Gasteiger partial charge in [-0.25, -0.2) is 0 Å². The summed E-state index contributed by atoms with van der Waals surface area (Å²) in [4.78, 5) is 26.0. The van der Waals surface area contributed by atoms with Crippen molar-refractivity contribution in [2.45, 2.75) is 32.2 Å². The molecule has 5 nitrogen and oxygen atoms in total. The van der Waals surface area contributed by atoms with Crippen LogP contribution in [-0.4, -0.2) is 41.5 Å². The smallest absolute Gasteiger partial charge is 0.311 e. The number of fused-ring (bicyclic) bond motifs is 1. The molecular formula is C18H25ClN2O3. The summed E-state index contributed by atoms with van der Waals surface area (Å²) in [5, 5.41) is 12.6. The van der Waals surface area contributed by atoms with Gasteiger partial charge in [-0.15, -0.1) is 12.4 Å². The van der Waals surface area contributed by atoms with Crippen LogP contribution in [0.1, 0.15) is 37.8 Å². The summed E-state index contributed by atoms with van der Waals surface area (Å²) in [6, 6.07) is 9.80. The summed E-state index contributed by atoms with van der Waals surface area (Å²) < 4.78 is 0. The first-order chi connectivity index (χ1) is 11.0. The lowest BCUT2D eigenvalue weighted by molar-refractivity contribution is -0.149. The number of halogens is 1. The van der Waals surface area contributed by atoms with Crippen LogP contribution in [0.5, 0.6) is 0 Å². The minimum Gasteiger partial charge on any atom is -0.481 e. The number of carboxylic acids is 1. The topological polar surface area (TPSA) is 69.6 Å². The third-order valence-electron chi connectivity index (χ3n) is 5.41. The fourth-order valence-corrected chi connectivity index (χ4v) is 4.18. The van der Waals surface area contributed by atoms with E-state index in [-0.39, 0.29) is 36.8 Å². The average Bonchev–Trinajstić information content (AvgIpc) is 3.05. The van der Waals surface area contributed by atoms with Gasteiger partial charge in [-0.1, -0.05) is 36.8 Å². The van der Waals surface area contributed by atoms with Crippen LogP contribution in [-0.2, 0) is 9.59 Å². The molecular weight excluding hydrogens is 328 g/mol. The maximum absolute atomic E-state index is 12.3. The summed E-state index contributed by atoms with van der Waals surface area (Å²) in [5.74, 6) is -0.540. The van der Waals surface area contributed by atoms with Crippen molar-refractivity contribution in [2.75, 3.05) is 19.6 Å². The van der Waals surface area contributed by atoms with Crippen molar-refractivity contribution in [3.63, 3.8) is 0 Å². The van der Waals surface area contributed by atoms with Crippen molar-refractivity contribution >= 4 is 24.3 Å². The molecule has 0 spiro atoms. The first-order valence-electron chi connectivity index (χ1n) is 8.31. The number of hydrogen-bond acceptors (Lipinski definition) is 3. The van der Waals surface area contributed by atoms with Crippen molar-refractivity contribution in [2.24, 2.45) is 11.3 Å². The molecule has 1 saturated heterocycles. The number of hydrogen-bond donors (Lipinski definition) is 2. The number of carbonyl (C=O) groups excluding carboxylic acids is 1. The largest absolute Gasteiger partial charge is 0.481 e. The van der Waals surface area contributed by atoms with Gasteiger partial charge in [0, 0.05) is 13.1 Å². The normalized spacial score (nSPS) is 27.1. The number of carboxylic acid groups (broad SMARTS) is 1. The fourth-order valence-electron chi connectivity index (χ4n) is 4.18. The quantitative estimate of drug-likeness (QED) is 0.854.